The normalized spacial score (nSPS) is 27.2. The van der Waals surface area contributed by atoms with Gasteiger partial charge in [-0.25, -0.2) is 13.2 Å². The lowest BCUT2D eigenvalue weighted by Gasteiger charge is -2.30. The molecule has 15 nitrogen and oxygen atoms in total. The molecule has 56 heavy (non-hydrogen) atoms. The molecular formula is C39H57N6O9S2+. The van der Waals surface area contributed by atoms with Crippen LogP contribution >= 0.6 is 0 Å². The topological polar surface area (TPSA) is 187 Å². The van der Waals surface area contributed by atoms with Crippen LogP contribution in [-0.4, -0.2) is 112 Å². The number of carbonyl (C=O) groups excluding carboxylic acids is 4. The summed E-state index contributed by atoms with van der Waals surface area (Å²) in [5, 5.41) is 5.65. The molecule has 1 aromatic heterocycles. The summed E-state index contributed by atoms with van der Waals surface area (Å²) in [6, 6.07) is 5.65. The smallest absolute Gasteiger partial charge is 0.408 e. The lowest BCUT2D eigenvalue weighted by molar-refractivity contribution is -0.141. The number of nitrogens with one attached hydrogen (secondary N) is 3. The van der Waals surface area contributed by atoms with Crippen LogP contribution in [0.15, 0.2) is 36.4 Å². The van der Waals surface area contributed by atoms with Gasteiger partial charge in [0.15, 0.2) is 0 Å². The molecule has 2 aliphatic carbocycles. The molecular weight excluding hydrogens is 761 g/mol. The molecule has 3 heterocycles. The second-order valence-corrected chi connectivity index (χ2v) is 21.2. The van der Waals surface area contributed by atoms with Crippen molar-refractivity contribution in [1.82, 2.24) is 29.8 Å². The molecule has 17 heteroatoms. The van der Waals surface area contributed by atoms with E-state index in [1.165, 1.54) is 4.90 Å². The van der Waals surface area contributed by atoms with Crippen LogP contribution in [0.5, 0.6) is 6.01 Å². The molecule has 2 saturated carbocycles. The van der Waals surface area contributed by atoms with Crippen molar-refractivity contribution in [2.75, 3.05) is 25.2 Å². The Morgan fingerprint density at radius 1 is 1.14 bits per heavy atom. The zero-order chi connectivity index (χ0) is 40.5. The molecule has 6 atom stereocenters. The number of hydrogen-bond acceptors (Lipinski definition) is 10. The Balaban J connectivity index is 1.30. The van der Waals surface area contributed by atoms with Gasteiger partial charge in [0.1, 0.15) is 36.1 Å². The van der Waals surface area contributed by atoms with Crippen LogP contribution in [0.25, 0.3) is 11.0 Å². The van der Waals surface area contributed by atoms with Crippen molar-refractivity contribution in [2.24, 2.45) is 5.92 Å². The molecule has 4 amide bonds. The number of imidazole rings is 1. The average Bonchev–Trinajstić information content (AvgIpc) is 3.94. The van der Waals surface area contributed by atoms with Gasteiger partial charge in [-0.05, 0) is 78.4 Å². The van der Waals surface area contributed by atoms with E-state index in [0.717, 1.165) is 24.1 Å². The first-order chi connectivity index (χ1) is 26.4. The lowest BCUT2D eigenvalue weighted by atomic mass is 10.0. The molecule has 0 spiro atoms. The molecule has 2 aromatic rings. The fourth-order valence-electron chi connectivity index (χ4n) is 7.19. The first-order valence-electron chi connectivity index (χ1n) is 19.5. The van der Waals surface area contributed by atoms with E-state index >= 15 is 0 Å². The van der Waals surface area contributed by atoms with Gasteiger partial charge in [0.25, 0.3) is 11.9 Å². The Kier molecular flexibility index (Phi) is 12.3. The summed E-state index contributed by atoms with van der Waals surface area (Å²) in [6.45, 7) is 7.43. The van der Waals surface area contributed by atoms with E-state index in [4.69, 9.17) is 19.2 Å². The van der Waals surface area contributed by atoms with Gasteiger partial charge in [-0.15, -0.1) is 10.5 Å². The highest BCUT2D eigenvalue weighted by molar-refractivity contribution is 7.93. The number of fused-ring (bicyclic) bond motifs is 3. The van der Waals surface area contributed by atoms with Crippen LogP contribution in [0.1, 0.15) is 85.5 Å². The predicted molar refractivity (Wildman–Crippen MR) is 216 cm³/mol. The summed E-state index contributed by atoms with van der Waals surface area (Å²) in [6.07, 6.45) is 8.71. The second kappa shape index (κ2) is 16.5. The van der Waals surface area contributed by atoms with Gasteiger partial charge >= 0.3 is 6.09 Å². The average molecular weight is 818 g/mol. The number of carbonyl (C=O) groups is 4. The van der Waals surface area contributed by atoms with Crippen molar-refractivity contribution in [3.8, 4) is 6.01 Å². The minimum Gasteiger partial charge on any atom is -0.459 e. The Labute approximate surface area is 331 Å². The number of thiol groups is 1. The first-order valence-corrected chi connectivity index (χ1v) is 23.1. The van der Waals surface area contributed by atoms with E-state index in [1.807, 2.05) is 41.0 Å². The Morgan fingerprint density at radius 2 is 1.89 bits per heavy atom. The monoisotopic (exact) mass is 817 g/mol. The molecule has 2 aliphatic heterocycles. The van der Waals surface area contributed by atoms with E-state index in [-0.39, 0.29) is 42.6 Å². The molecule has 3 N–H and O–H groups in total. The van der Waals surface area contributed by atoms with E-state index in [2.05, 4.69) is 27.5 Å². The zero-order valence-electron chi connectivity index (χ0n) is 33.0. The minimum atomic E-state index is -3.99. The SMILES string of the molecule is C=[SH+](C)CCOCn1c(OC2CC3C(=O)NC4(C(=O)NS(=O)(=O)C5(C)CC5)CC4C=CCCCCCC(NC(=O)OC(C)(C)C)C(=O)N3C2)nc2ccccc21. The molecule has 308 valence electrons. The Morgan fingerprint density at radius 3 is 2.61 bits per heavy atom. The molecule has 1 saturated heterocycles. The lowest BCUT2D eigenvalue weighted by Crippen LogP contribution is -2.58. The number of rotatable bonds is 11. The summed E-state index contributed by atoms with van der Waals surface area (Å²) in [4.78, 5) is 62.1. The highest BCUT2D eigenvalue weighted by Gasteiger charge is 2.63. The van der Waals surface area contributed by atoms with E-state index < -0.39 is 73.8 Å². The minimum absolute atomic E-state index is 0.0234. The summed E-state index contributed by atoms with van der Waals surface area (Å²) in [5.41, 5.74) is -0.864. The number of sulfonamides is 1. The number of nitrogens with zero attached hydrogens (tertiary/aromatic N) is 3. The van der Waals surface area contributed by atoms with Crippen LogP contribution in [-0.2, 0) is 51.1 Å². The summed E-state index contributed by atoms with van der Waals surface area (Å²) < 4.78 is 47.4. The first kappa shape index (κ1) is 41.7. The van der Waals surface area contributed by atoms with Crippen molar-refractivity contribution in [2.45, 2.75) is 126 Å². The van der Waals surface area contributed by atoms with Crippen molar-refractivity contribution in [3.63, 3.8) is 0 Å². The van der Waals surface area contributed by atoms with Gasteiger partial charge in [-0.2, -0.15) is 4.98 Å². The maximum Gasteiger partial charge on any atom is 0.408 e. The standard InChI is InChI=1S/C39H56N6O9S2/c1-37(2,3)54-36(49)41-29-16-11-9-7-8-10-14-26-23-39(26,34(48)43-56(50,51)38(4)18-19-38)42-32(46)31-22-27(24-44(31)33(29)47)53-35-40-28-15-12-13-17-30(28)45(35)25-52-20-21-55(5)6/h10,12-15,17,26-27,29,31H,5,7-9,11,16,18-25H2,1-4,6H3,(H,41,49)(H,42,46)(H,43,48)/p+1. The van der Waals surface area contributed by atoms with Crippen molar-refractivity contribution in [3.05, 3.63) is 36.4 Å². The maximum absolute atomic E-state index is 14.6. The third-order valence-corrected chi connectivity index (χ3v) is 14.0. The van der Waals surface area contributed by atoms with Gasteiger partial charge in [0.2, 0.25) is 21.8 Å². The summed E-state index contributed by atoms with van der Waals surface area (Å²) >= 11 is 0. The highest BCUT2D eigenvalue weighted by Crippen LogP contribution is 2.47. The highest BCUT2D eigenvalue weighted by atomic mass is 32.2. The quantitative estimate of drug-likeness (QED) is 0.100. The number of para-hydroxylation sites is 2. The van der Waals surface area contributed by atoms with Gasteiger partial charge in [-0.1, -0.05) is 37.1 Å². The van der Waals surface area contributed by atoms with Gasteiger partial charge < -0.3 is 29.7 Å². The number of amides is 4. The van der Waals surface area contributed by atoms with Crippen molar-refractivity contribution in [1.29, 1.82) is 0 Å². The summed E-state index contributed by atoms with van der Waals surface area (Å²) in [5.74, 6) is 2.55. The molecule has 0 radical (unpaired) electrons. The van der Waals surface area contributed by atoms with Crippen molar-refractivity contribution < 1.29 is 41.8 Å². The fraction of sp³-hybridized carbons (Fsp3) is 0.641. The third-order valence-electron chi connectivity index (χ3n) is 10.9. The van der Waals surface area contributed by atoms with E-state index in [1.54, 1.807) is 27.7 Å². The number of aromatic nitrogens is 2. The van der Waals surface area contributed by atoms with Gasteiger partial charge in [0.05, 0.1) is 40.9 Å². The van der Waals surface area contributed by atoms with Crippen LogP contribution in [0, 0.1) is 5.92 Å². The predicted octanol–water partition coefficient (Wildman–Crippen LogP) is 3.06. The Hall–Kier alpha value is -3.96. The molecule has 0 bridgehead atoms. The zero-order valence-corrected chi connectivity index (χ0v) is 34.8. The van der Waals surface area contributed by atoms with Crippen LogP contribution < -0.4 is 20.1 Å². The number of hydrogen-bond donors (Lipinski definition) is 3. The van der Waals surface area contributed by atoms with Crippen LogP contribution in [0.2, 0.25) is 0 Å². The molecule has 6 rings (SSSR count). The Bertz CT molecular complexity index is 1990. The molecule has 4 aliphatic rings. The molecule has 3 fully saturated rings. The fourth-order valence-corrected chi connectivity index (χ4v) is 8.94. The second-order valence-electron chi connectivity index (χ2n) is 16.8. The largest absolute Gasteiger partial charge is 0.459 e. The summed E-state index contributed by atoms with van der Waals surface area (Å²) in [7, 11) is -4.38. The molecule has 6 unspecified atom stereocenters. The number of alkyl carbamates (subject to hydrolysis) is 1. The van der Waals surface area contributed by atoms with Crippen LogP contribution in [0.3, 0.4) is 0 Å². The van der Waals surface area contributed by atoms with E-state index in [0.29, 0.717) is 44.2 Å². The number of allylic oxidation sites excluding steroid dienone is 1. The molecule has 1 aromatic carbocycles. The third kappa shape index (κ3) is 9.59. The maximum atomic E-state index is 14.6. The van der Waals surface area contributed by atoms with Crippen LogP contribution in [0.4, 0.5) is 4.79 Å². The number of benzene rings is 1. The van der Waals surface area contributed by atoms with E-state index in [9.17, 15) is 27.6 Å². The van der Waals surface area contributed by atoms with Crippen molar-refractivity contribution >= 4 is 61.2 Å². The van der Waals surface area contributed by atoms with Gasteiger partial charge in [0, 0.05) is 18.2 Å². The van der Waals surface area contributed by atoms with Gasteiger partial charge in [-0.3, -0.25) is 23.7 Å². The number of ether oxygens (including phenoxy) is 3.